The van der Waals surface area contributed by atoms with Crippen LogP contribution in [0.15, 0.2) is 30.6 Å². The van der Waals surface area contributed by atoms with Crippen LogP contribution in [0.5, 0.6) is 0 Å². The number of aromatic nitrogens is 4. The first kappa shape index (κ1) is 11.0. The molecule has 0 spiro atoms. The van der Waals surface area contributed by atoms with Crippen LogP contribution in [0.2, 0.25) is 0 Å². The lowest BCUT2D eigenvalue weighted by molar-refractivity contribution is 0.802. The average molecular weight is 241 g/mol. The molecule has 3 N–H and O–H groups in total. The topological polar surface area (TPSA) is 72.5 Å². The van der Waals surface area contributed by atoms with E-state index in [9.17, 15) is 0 Å². The zero-order chi connectivity index (χ0) is 12.7. The zero-order valence-corrected chi connectivity index (χ0v) is 10.4. The first-order valence-corrected chi connectivity index (χ1v) is 5.84. The van der Waals surface area contributed by atoms with Crippen LogP contribution < -0.4 is 5.73 Å². The molecule has 0 fully saturated rings. The molecule has 3 rings (SSSR count). The summed E-state index contributed by atoms with van der Waals surface area (Å²) in [6.45, 7) is 1.99. The van der Waals surface area contributed by atoms with Gasteiger partial charge in [0.1, 0.15) is 11.6 Å². The van der Waals surface area contributed by atoms with Gasteiger partial charge in [-0.2, -0.15) is 0 Å². The van der Waals surface area contributed by atoms with Gasteiger partial charge in [-0.25, -0.2) is 9.97 Å². The number of nitrogens with two attached hydrogens (primary N) is 1. The van der Waals surface area contributed by atoms with Crippen LogP contribution in [0.1, 0.15) is 23.3 Å². The number of benzene rings is 1. The fourth-order valence-corrected chi connectivity index (χ4v) is 2.14. The molecule has 0 aliphatic rings. The van der Waals surface area contributed by atoms with Crippen LogP contribution in [0, 0.1) is 6.92 Å². The van der Waals surface area contributed by atoms with Crippen molar-refractivity contribution >= 4 is 11.0 Å². The van der Waals surface area contributed by atoms with E-state index in [2.05, 4.69) is 19.5 Å². The Balaban J connectivity index is 2.08. The van der Waals surface area contributed by atoms with E-state index in [-0.39, 0.29) is 6.04 Å². The Hall–Kier alpha value is -2.14. The van der Waals surface area contributed by atoms with E-state index in [1.165, 1.54) is 0 Å². The van der Waals surface area contributed by atoms with Crippen molar-refractivity contribution in [3.8, 4) is 0 Å². The van der Waals surface area contributed by atoms with E-state index in [4.69, 9.17) is 5.73 Å². The normalized spacial score (nSPS) is 13.1. The van der Waals surface area contributed by atoms with Crippen LogP contribution in [-0.4, -0.2) is 19.5 Å². The van der Waals surface area contributed by atoms with Crippen molar-refractivity contribution in [3.63, 3.8) is 0 Å². The molecule has 3 aromatic rings. The minimum Gasteiger partial charge on any atom is -0.347 e. The molecule has 1 atom stereocenters. The molecule has 5 heteroatoms. The molecule has 0 aliphatic heterocycles. The molecular formula is C13H15N5. The van der Waals surface area contributed by atoms with Crippen LogP contribution in [0.4, 0.5) is 0 Å². The van der Waals surface area contributed by atoms with E-state index >= 15 is 0 Å². The van der Waals surface area contributed by atoms with Crippen LogP contribution in [-0.2, 0) is 7.05 Å². The molecule has 0 amide bonds. The number of hydrogen-bond donors (Lipinski definition) is 2. The third-order valence-corrected chi connectivity index (χ3v) is 3.30. The smallest absolute Gasteiger partial charge is 0.127 e. The van der Waals surface area contributed by atoms with E-state index in [0.717, 1.165) is 28.2 Å². The number of nitrogens with zero attached hydrogens (tertiary/aromatic N) is 3. The summed E-state index contributed by atoms with van der Waals surface area (Å²) in [5.74, 6) is 1.76. The molecule has 2 heterocycles. The van der Waals surface area contributed by atoms with Gasteiger partial charge in [-0.3, -0.25) is 0 Å². The molecule has 0 saturated carbocycles. The highest BCUT2D eigenvalue weighted by Gasteiger charge is 2.13. The molecule has 1 unspecified atom stereocenters. The van der Waals surface area contributed by atoms with Gasteiger partial charge in [0.15, 0.2) is 0 Å². The number of hydrogen-bond acceptors (Lipinski definition) is 3. The highest BCUT2D eigenvalue weighted by atomic mass is 15.0. The summed E-state index contributed by atoms with van der Waals surface area (Å²) in [5, 5.41) is 0. The number of imidazole rings is 2. The van der Waals surface area contributed by atoms with E-state index in [0.29, 0.717) is 0 Å². The summed E-state index contributed by atoms with van der Waals surface area (Å²) >= 11 is 0. The lowest BCUT2D eigenvalue weighted by Crippen LogP contribution is -2.13. The monoisotopic (exact) mass is 241 g/mol. The second-order valence-electron chi connectivity index (χ2n) is 4.42. The summed E-state index contributed by atoms with van der Waals surface area (Å²) in [5.41, 5.74) is 9.26. The predicted octanol–water partition coefficient (Wildman–Crippen LogP) is 1.65. The largest absolute Gasteiger partial charge is 0.347 e. The SMILES string of the molecule is Cc1nc2cc(C(N)c3ncc[nH]3)ccc2n1C. The van der Waals surface area contributed by atoms with Gasteiger partial charge in [0.2, 0.25) is 0 Å². The van der Waals surface area contributed by atoms with E-state index < -0.39 is 0 Å². The van der Waals surface area contributed by atoms with Crippen LogP contribution in [0.3, 0.4) is 0 Å². The van der Waals surface area contributed by atoms with Crippen molar-refractivity contribution in [2.45, 2.75) is 13.0 Å². The Kier molecular flexibility index (Phi) is 2.41. The first-order valence-electron chi connectivity index (χ1n) is 5.84. The number of aromatic amines is 1. The maximum atomic E-state index is 6.17. The second-order valence-corrected chi connectivity index (χ2v) is 4.42. The Morgan fingerprint density at radius 3 is 2.94 bits per heavy atom. The van der Waals surface area contributed by atoms with Crippen molar-refractivity contribution in [1.29, 1.82) is 0 Å². The van der Waals surface area contributed by atoms with E-state index in [1.807, 2.05) is 32.2 Å². The summed E-state index contributed by atoms with van der Waals surface area (Å²) < 4.78 is 2.07. The maximum Gasteiger partial charge on any atom is 0.127 e. The predicted molar refractivity (Wildman–Crippen MR) is 70.1 cm³/mol. The average Bonchev–Trinajstić information content (AvgIpc) is 2.98. The van der Waals surface area contributed by atoms with Crippen molar-refractivity contribution in [2.75, 3.05) is 0 Å². The van der Waals surface area contributed by atoms with Gasteiger partial charge in [0.05, 0.1) is 17.1 Å². The summed E-state index contributed by atoms with van der Waals surface area (Å²) in [6, 6.07) is 5.85. The van der Waals surface area contributed by atoms with Crippen molar-refractivity contribution in [2.24, 2.45) is 12.8 Å². The lowest BCUT2D eigenvalue weighted by Gasteiger charge is -2.09. The second kappa shape index (κ2) is 3.96. The fourth-order valence-electron chi connectivity index (χ4n) is 2.14. The number of H-pyrrole nitrogens is 1. The van der Waals surface area contributed by atoms with Gasteiger partial charge < -0.3 is 15.3 Å². The Labute approximate surface area is 105 Å². The minimum absolute atomic E-state index is 0.244. The molecule has 2 aromatic heterocycles. The van der Waals surface area contributed by atoms with Gasteiger partial charge in [0, 0.05) is 19.4 Å². The number of fused-ring (bicyclic) bond motifs is 1. The number of aryl methyl sites for hydroxylation is 2. The van der Waals surface area contributed by atoms with E-state index in [1.54, 1.807) is 12.4 Å². The molecule has 0 saturated heterocycles. The van der Waals surface area contributed by atoms with Crippen LogP contribution in [0.25, 0.3) is 11.0 Å². The minimum atomic E-state index is -0.244. The van der Waals surface area contributed by atoms with Gasteiger partial charge >= 0.3 is 0 Å². The Morgan fingerprint density at radius 2 is 2.22 bits per heavy atom. The molecule has 0 aliphatic carbocycles. The molecule has 92 valence electrons. The van der Waals surface area contributed by atoms with Crippen LogP contribution >= 0.6 is 0 Å². The Morgan fingerprint density at radius 1 is 1.39 bits per heavy atom. The Bertz CT molecular complexity index is 681. The highest BCUT2D eigenvalue weighted by Crippen LogP contribution is 2.22. The number of rotatable bonds is 2. The third kappa shape index (κ3) is 1.60. The standard InChI is InChI=1S/C13H15N5/c1-8-17-10-7-9(3-4-11(10)18(8)2)12(14)13-15-5-6-16-13/h3-7,12H,14H2,1-2H3,(H,15,16). The van der Waals surface area contributed by atoms with Crippen molar-refractivity contribution in [3.05, 3.63) is 47.8 Å². The molecule has 0 bridgehead atoms. The summed E-state index contributed by atoms with van der Waals surface area (Å²) in [6.07, 6.45) is 3.48. The maximum absolute atomic E-state index is 6.17. The van der Waals surface area contributed by atoms with Gasteiger partial charge in [-0.15, -0.1) is 0 Å². The van der Waals surface area contributed by atoms with Gasteiger partial charge in [0.25, 0.3) is 0 Å². The van der Waals surface area contributed by atoms with Crippen molar-refractivity contribution < 1.29 is 0 Å². The summed E-state index contributed by atoms with van der Waals surface area (Å²) in [4.78, 5) is 11.7. The number of nitrogens with one attached hydrogen (secondary N) is 1. The quantitative estimate of drug-likeness (QED) is 0.716. The summed E-state index contributed by atoms with van der Waals surface area (Å²) in [7, 11) is 2.01. The van der Waals surface area contributed by atoms with Gasteiger partial charge in [-0.05, 0) is 24.6 Å². The molecule has 18 heavy (non-hydrogen) atoms. The first-order chi connectivity index (χ1) is 8.66. The highest BCUT2D eigenvalue weighted by molar-refractivity contribution is 5.77. The molecule has 5 nitrogen and oxygen atoms in total. The third-order valence-electron chi connectivity index (χ3n) is 3.30. The molecule has 0 radical (unpaired) electrons. The molecular weight excluding hydrogens is 226 g/mol. The zero-order valence-electron chi connectivity index (χ0n) is 10.4. The van der Waals surface area contributed by atoms with Gasteiger partial charge in [-0.1, -0.05) is 6.07 Å². The lowest BCUT2D eigenvalue weighted by atomic mass is 10.1. The fraction of sp³-hybridized carbons (Fsp3) is 0.231. The van der Waals surface area contributed by atoms with Crippen molar-refractivity contribution in [1.82, 2.24) is 19.5 Å². The molecule has 1 aromatic carbocycles.